The van der Waals surface area contributed by atoms with Crippen LogP contribution in [0.15, 0.2) is 17.5 Å². The Hall–Kier alpha value is -1.20. The molecule has 5 heteroatoms. The molecule has 3 nitrogen and oxygen atoms in total. The lowest BCUT2D eigenvalue weighted by Gasteiger charge is -2.02. The van der Waals surface area contributed by atoms with Crippen molar-refractivity contribution in [3.8, 4) is 10.6 Å². The van der Waals surface area contributed by atoms with Gasteiger partial charge in [0.1, 0.15) is 0 Å². The van der Waals surface area contributed by atoms with Gasteiger partial charge in [-0.15, -0.1) is 22.7 Å². The fourth-order valence-corrected chi connectivity index (χ4v) is 3.91. The van der Waals surface area contributed by atoms with E-state index in [1.54, 1.807) is 22.7 Å². The van der Waals surface area contributed by atoms with Gasteiger partial charge in [0.15, 0.2) is 0 Å². The van der Waals surface area contributed by atoms with E-state index in [2.05, 4.69) is 34.7 Å². The molecule has 0 saturated heterocycles. The summed E-state index contributed by atoms with van der Waals surface area (Å²) in [7, 11) is 0. The van der Waals surface area contributed by atoms with E-state index in [0.29, 0.717) is 5.92 Å². The second-order valence-electron chi connectivity index (χ2n) is 5.38. The predicted octanol–water partition coefficient (Wildman–Crippen LogP) is 3.49. The molecule has 1 N–H and O–H groups in total. The highest BCUT2D eigenvalue weighted by molar-refractivity contribution is 7.16. The van der Waals surface area contributed by atoms with Crippen molar-refractivity contribution in [2.24, 2.45) is 11.8 Å². The average Bonchev–Trinajstić information content (AvgIpc) is 2.82. The van der Waals surface area contributed by atoms with Crippen molar-refractivity contribution in [3.05, 3.63) is 27.4 Å². The van der Waals surface area contributed by atoms with Gasteiger partial charge in [0, 0.05) is 22.7 Å². The van der Waals surface area contributed by atoms with E-state index in [0.717, 1.165) is 30.1 Å². The molecule has 1 saturated carbocycles. The summed E-state index contributed by atoms with van der Waals surface area (Å²) < 4.78 is 0. The van der Waals surface area contributed by atoms with Gasteiger partial charge >= 0.3 is 0 Å². The van der Waals surface area contributed by atoms with E-state index < -0.39 is 0 Å². The molecule has 2 aromatic rings. The summed E-state index contributed by atoms with van der Waals surface area (Å²) in [5, 5.41) is 6.23. The number of thiophene rings is 1. The monoisotopic (exact) mass is 306 g/mol. The Balaban J connectivity index is 1.51. The fourth-order valence-electron chi connectivity index (χ4n) is 2.25. The second kappa shape index (κ2) is 5.66. The van der Waals surface area contributed by atoms with Crippen molar-refractivity contribution in [2.75, 3.05) is 6.54 Å². The number of aromatic nitrogens is 1. The Labute approximate surface area is 127 Å². The highest BCUT2D eigenvalue weighted by Gasteiger charge is 2.38. The Morgan fingerprint density at radius 1 is 1.50 bits per heavy atom. The lowest BCUT2D eigenvalue weighted by Crippen LogP contribution is -2.27. The predicted molar refractivity (Wildman–Crippen MR) is 84.1 cm³/mol. The summed E-state index contributed by atoms with van der Waals surface area (Å²) >= 11 is 3.45. The Kier molecular flexibility index (Phi) is 3.89. The van der Waals surface area contributed by atoms with Gasteiger partial charge in [-0.3, -0.25) is 4.79 Å². The van der Waals surface area contributed by atoms with Crippen LogP contribution in [0.1, 0.15) is 23.2 Å². The summed E-state index contributed by atoms with van der Waals surface area (Å²) in [6.45, 7) is 4.89. The van der Waals surface area contributed by atoms with Gasteiger partial charge in [-0.05, 0) is 37.8 Å². The Morgan fingerprint density at radius 3 is 2.95 bits per heavy atom. The Bertz CT molecular complexity index is 617. The second-order valence-corrected chi connectivity index (χ2v) is 7.61. The maximum Gasteiger partial charge on any atom is 0.223 e. The highest BCUT2D eigenvalue weighted by Crippen LogP contribution is 2.37. The minimum atomic E-state index is 0.226. The zero-order chi connectivity index (χ0) is 14.1. The molecule has 1 amide bonds. The molecule has 2 aromatic heterocycles. The van der Waals surface area contributed by atoms with Crippen LogP contribution < -0.4 is 5.32 Å². The molecule has 3 rings (SSSR count). The molecule has 1 aliphatic carbocycles. The summed E-state index contributed by atoms with van der Waals surface area (Å²) in [6.07, 6.45) is 1.96. The Morgan fingerprint density at radius 2 is 2.30 bits per heavy atom. The van der Waals surface area contributed by atoms with Crippen molar-refractivity contribution in [1.29, 1.82) is 0 Å². The molecule has 2 atom stereocenters. The maximum absolute atomic E-state index is 11.7. The number of carbonyl (C=O) groups is 1. The molecule has 1 fully saturated rings. The van der Waals surface area contributed by atoms with Gasteiger partial charge in [-0.25, -0.2) is 4.98 Å². The fraction of sp³-hybridized carbons (Fsp3) is 0.467. The quantitative estimate of drug-likeness (QED) is 0.918. The number of aryl methyl sites for hydroxylation is 1. The van der Waals surface area contributed by atoms with Crippen molar-refractivity contribution >= 4 is 28.6 Å². The molecule has 2 unspecified atom stereocenters. The third-order valence-electron chi connectivity index (χ3n) is 3.65. The average molecular weight is 306 g/mol. The van der Waals surface area contributed by atoms with Crippen LogP contribution in [0.5, 0.6) is 0 Å². The molecule has 20 heavy (non-hydrogen) atoms. The first-order valence-corrected chi connectivity index (χ1v) is 8.62. The van der Waals surface area contributed by atoms with Crippen molar-refractivity contribution < 1.29 is 4.79 Å². The van der Waals surface area contributed by atoms with E-state index in [4.69, 9.17) is 0 Å². The largest absolute Gasteiger partial charge is 0.355 e. The van der Waals surface area contributed by atoms with Crippen LogP contribution in [0.4, 0.5) is 0 Å². The van der Waals surface area contributed by atoms with E-state index >= 15 is 0 Å². The number of hydrogen-bond acceptors (Lipinski definition) is 4. The minimum Gasteiger partial charge on any atom is -0.355 e. The van der Waals surface area contributed by atoms with Gasteiger partial charge in [-0.2, -0.15) is 0 Å². The molecular weight excluding hydrogens is 288 g/mol. The number of rotatable bonds is 5. The van der Waals surface area contributed by atoms with Crippen LogP contribution in [0, 0.1) is 18.8 Å². The van der Waals surface area contributed by atoms with Crippen LogP contribution in [0.2, 0.25) is 0 Å². The van der Waals surface area contributed by atoms with Crippen LogP contribution in [-0.4, -0.2) is 17.4 Å². The zero-order valence-corrected chi connectivity index (χ0v) is 13.3. The lowest BCUT2D eigenvalue weighted by atomic mass is 10.3. The number of carbonyl (C=O) groups excluding carboxylic acids is 1. The summed E-state index contributed by atoms with van der Waals surface area (Å²) in [6, 6.07) is 4.26. The van der Waals surface area contributed by atoms with Crippen molar-refractivity contribution in [1.82, 2.24) is 10.3 Å². The summed E-state index contributed by atoms with van der Waals surface area (Å²) in [4.78, 5) is 18.7. The SMILES string of the molecule is Cc1nc(-c2ccc(CCNC(=O)C3CC3C)s2)cs1. The third-order valence-corrected chi connectivity index (χ3v) is 5.59. The standard InChI is InChI=1S/C15H18N2OS2/c1-9-7-12(9)15(18)16-6-5-11-3-4-14(20-11)13-8-19-10(2)17-13/h3-4,8-9,12H,5-7H2,1-2H3,(H,16,18). The molecular formula is C15H18N2OS2. The van der Waals surface area contributed by atoms with Gasteiger partial charge in [0.05, 0.1) is 15.6 Å². The van der Waals surface area contributed by atoms with Crippen molar-refractivity contribution in [2.45, 2.75) is 26.7 Å². The van der Waals surface area contributed by atoms with Crippen molar-refractivity contribution in [3.63, 3.8) is 0 Å². The first-order valence-electron chi connectivity index (χ1n) is 6.92. The first kappa shape index (κ1) is 13.8. The molecule has 0 aliphatic heterocycles. The van der Waals surface area contributed by atoms with Gasteiger partial charge in [0.2, 0.25) is 5.91 Å². The third kappa shape index (κ3) is 3.10. The number of amides is 1. The van der Waals surface area contributed by atoms with E-state index in [9.17, 15) is 4.79 Å². The molecule has 1 aliphatic rings. The smallest absolute Gasteiger partial charge is 0.223 e. The summed E-state index contributed by atoms with van der Waals surface area (Å²) in [5.74, 6) is 1.08. The van der Waals surface area contributed by atoms with Crippen LogP contribution in [0.3, 0.4) is 0 Å². The van der Waals surface area contributed by atoms with E-state index in [1.165, 1.54) is 9.75 Å². The number of thiazole rings is 1. The van der Waals surface area contributed by atoms with Gasteiger partial charge in [0.25, 0.3) is 0 Å². The van der Waals surface area contributed by atoms with Crippen LogP contribution in [0.25, 0.3) is 10.6 Å². The molecule has 0 aromatic carbocycles. The van der Waals surface area contributed by atoms with Gasteiger partial charge in [-0.1, -0.05) is 6.92 Å². The molecule has 0 bridgehead atoms. The normalized spacial score (nSPS) is 20.9. The minimum absolute atomic E-state index is 0.226. The number of nitrogens with one attached hydrogen (secondary N) is 1. The number of nitrogens with zero attached hydrogens (tertiary/aromatic N) is 1. The number of hydrogen-bond donors (Lipinski definition) is 1. The molecule has 0 spiro atoms. The van der Waals surface area contributed by atoms with Gasteiger partial charge < -0.3 is 5.32 Å². The highest BCUT2D eigenvalue weighted by atomic mass is 32.1. The molecule has 106 valence electrons. The zero-order valence-electron chi connectivity index (χ0n) is 11.7. The summed E-state index contributed by atoms with van der Waals surface area (Å²) in [5.41, 5.74) is 1.07. The molecule has 2 heterocycles. The maximum atomic E-state index is 11.7. The molecule has 0 radical (unpaired) electrons. The van der Waals surface area contributed by atoms with E-state index in [1.807, 2.05) is 6.92 Å². The van der Waals surface area contributed by atoms with E-state index in [-0.39, 0.29) is 11.8 Å². The first-order chi connectivity index (χ1) is 9.63. The lowest BCUT2D eigenvalue weighted by molar-refractivity contribution is -0.122. The topological polar surface area (TPSA) is 42.0 Å². The van der Waals surface area contributed by atoms with Crippen LogP contribution in [-0.2, 0) is 11.2 Å². The van der Waals surface area contributed by atoms with Crippen LogP contribution >= 0.6 is 22.7 Å².